The van der Waals surface area contributed by atoms with Crippen LogP contribution in [0.4, 0.5) is 4.39 Å². The van der Waals surface area contributed by atoms with Crippen molar-refractivity contribution >= 4 is 34.9 Å². The van der Waals surface area contributed by atoms with Gasteiger partial charge >= 0.3 is 17.9 Å². The number of aliphatic carboxylic acids is 1. The molecule has 3 aromatic rings. The Morgan fingerprint density at radius 3 is 2.41 bits per heavy atom. The lowest BCUT2D eigenvalue weighted by atomic mass is 9.65. The summed E-state index contributed by atoms with van der Waals surface area (Å²) in [4.78, 5) is 34.9. The van der Waals surface area contributed by atoms with Crippen LogP contribution >= 0.6 is 0 Å². The van der Waals surface area contributed by atoms with E-state index in [0.717, 1.165) is 53.4 Å². The zero-order valence-electron chi connectivity index (χ0n) is 35.2. The first-order valence-corrected chi connectivity index (χ1v) is 21.2. The smallest absolute Gasteiger partial charge is 0.308 e. The summed E-state index contributed by atoms with van der Waals surface area (Å²) in [6, 6.07) is 14.4. The fourth-order valence-corrected chi connectivity index (χ4v) is 8.84. The Bertz CT molecular complexity index is 2000. The molecular formula is C48H62FNO9. The van der Waals surface area contributed by atoms with Crippen LogP contribution in [0.15, 0.2) is 78.4 Å². The number of nitrogens with zero attached hydrogens (tertiary/aromatic N) is 1. The van der Waals surface area contributed by atoms with Gasteiger partial charge in [-0.05, 0) is 92.7 Å². The molecule has 0 bridgehead atoms. The first-order valence-electron chi connectivity index (χ1n) is 21.2. The van der Waals surface area contributed by atoms with Crippen molar-refractivity contribution in [3.63, 3.8) is 0 Å². The number of esters is 2. The summed E-state index contributed by atoms with van der Waals surface area (Å²) in [5, 5.41) is 39.8. The minimum atomic E-state index is -1.13. The summed E-state index contributed by atoms with van der Waals surface area (Å²) in [5.41, 5.74) is 4.92. The van der Waals surface area contributed by atoms with E-state index >= 15 is 0 Å². The number of cyclic esters (lactones) is 1. The van der Waals surface area contributed by atoms with Crippen LogP contribution < -0.4 is 0 Å². The van der Waals surface area contributed by atoms with Crippen molar-refractivity contribution < 1.29 is 48.7 Å². The average molecular weight is 816 g/mol. The molecule has 0 spiro atoms. The Kier molecular flexibility index (Phi) is 15.9. The van der Waals surface area contributed by atoms with Crippen molar-refractivity contribution in [1.29, 1.82) is 0 Å². The lowest BCUT2D eigenvalue weighted by Gasteiger charge is -2.43. The van der Waals surface area contributed by atoms with Gasteiger partial charge < -0.3 is 34.5 Å². The van der Waals surface area contributed by atoms with E-state index in [9.17, 15) is 34.1 Å². The minimum Gasteiger partial charge on any atom is -0.481 e. The number of aromatic nitrogens is 1. The van der Waals surface area contributed by atoms with Gasteiger partial charge in [0, 0.05) is 47.0 Å². The van der Waals surface area contributed by atoms with Crippen molar-refractivity contribution in [1.82, 2.24) is 4.57 Å². The highest BCUT2D eigenvalue weighted by atomic mass is 19.1. The maximum atomic E-state index is 13.5. The standard InChI is InChI=1S/C24H26FNO4.C24H36O5/c1-15(2)26-21-6-4-3-5-20(21)24(16-7-9-17(25)10-8-16)22(26)12-11-18(27)13-19(28)14-23(29)30;1-5-15(3)24(27)29-21-11-14(2)10-17-7-6-16(4)20(23(17)21)9-8-19-12-18(25)13-22(26)28-19/h3-12,15,18-19,27-28H,13-14H2,1-2H3,(H,29,30);6-7,10,14-16,18-21,23,25H,5,8-9,11-13H2,1-4H3/b12-11+;/t18-,19-;14-,15-,16-,18+,19+,20-,21-,23-/m10/s1. The quantitative estimate of drug-likeness (QED) is 0.117. The third kappa shape index (κ3) is 11.8. The molecule has 1 saturated heterocycles. The normalized spacial score (nSPS) is 25.7. The van der Waals surface area contributed by atoms with Gasteiger partial charge in [0.25, 0.3) is 0 Å². The van der Waals surface area contributed by atoms with Gasteiger partial charge in [-0.2, -0.15) is 0 Å². The Labute approximate surface area is 347 Å². The molecule has 10 nitrogen and oxygen atoms in total. The number of aliphatic hydroxyl groups is 3. The van der Waals surface area contributed by atoms with E-state index in [-0.39, 0.29) is 60.7 Å². The van der Waals surface area contributed by atoms with E-state index in [0.29, 0.717) is 24.2 Å². The van der Waals surface area contributed by atoms with E-state index < -0.39 is 30.7 Å². The largest absolute Gasteiger partial charge is 0.481 e. The van der Waals surface area contributed by atoms with Gasteiger partial charge in [0.15, 0.2) is 0 Å². The van der Waals surface area contributed by atoms with Crippen molar-refractivity contribution in [2.45, 2.75) is 129 Å². The molecule has 4 N–H and O–H groups in total. The Hall–Kier alpha value is -4.58. The number of carbonyl (C=O) groups is 3. The predicted molar refractivity (Wildman–Crippen MR) is 226 cm³/mol. The van der Waals surface area contributed by atoms with Crippen LogP contribution in [-0.2, 0) is 23.9 Å². The third-order valence-corrected chi connectivity index (χ3v) is 11.9. The van der Waals surface area contributed by atoms with Gasteiger partial charge in [-0.3, -0.25) is 14.4 Å². The number of fused-ring (bicyclic) bond motifs is 2. The van der Waals surface area contributed by atoms with Crippen LogP contribution in [-0.4, -0.2) is 73.4 Å². The molecule has 320 valence electrons. The Balaban J connectivity index is 0.000000224. The number of carbonyl (C=O) groups excluding carboxylic acids is 2. The highest BCUT2D eigenvalue weighted by molar-refractivity contribution is 6.01. The maximum absolute atomic E-state index is 13.5. The summed E-state index contributed by atoms with van der Waals surface area (Å²) in [5.74, 6) is -0.673. The number of aliphatic hydroxyl groups excluding tert-OH is 3. The summed E-state index contributed by atoms with van der Waals surface area (Å²) < 4.78 is 27.1. The number of para-hydroxylation sites is 1. The molecule has 2 heterocycles. The third-order valence-electron chi connectivity index (χ3n) is 11.9. The van der Waals surface area contributed by atoms with E-state index in [2.05, 4.69) is 50.5 Å². The molecule has 3 aliphatic rings. The first-order chi connectivity index (χ1) is 28.1. The van der Waals surface area contributed by atoms with Crippen LogP contribution in [0.25, 0.3) is 28.1 Å². The van der Waals surface area contributed by atoms with Crippen molar-refractivity contribution in [2.75, 3.05) is 0 Å². The fourth-order valence-electron chi connectivity index (χ4n) is 8.84. The number of hydrogen-bond acceptors (Lipinski definition) is 8. The highest BCUT2D eigenvalue weighted by Gasteiger charge is 2.42. The van der Waals surface area contributed by atoms with E-state index in [4.69, 9.17) is 14.6 Å². The van der Waals surface area contributed by atoms with Gasteiger partial charge in [-0.15, -0.1) is 0 Å². The van der Waals surface area contributed by atoms with Crippen LogP contribution in [0.5, 0.6) is 0 Å². The average Bonchev–Trinajstić information content (AvgIpc) is 3.50. The Morgan fingerprint density at radius 1 is 1.03 bits per heavy atom. The van der Waals surface area contributed by atoms with Crippen LogP contribution in [0.1, 0.15) is 105 Å². The monoisotopic (exact) mass is 815 g/mol. The molecule has 1 aliphatic heterocycles. The summed E-state index contributed by atoms with van der Waals surface area (Å²) >= 11 is 0. The minimum absolute atomic E-state index is 0.0728. The lowest BCUT2D eigenvalue weighted by molar-refractivity contribution is -0.162. The first kappa shape index (κ1) is 45.5. The highest BCUT2D eigenvalue weighted by Crippen LogP contribution is 2.45. The summed E-state index contributed by atoms with van der Waals surface area (Å²) in [6.45, 7) is 12.4. The van der Waals surface area contributed by atoms with E-state index in [1.54, 1.807) is 24.3 Å². The van der Waals surface area contributed by atoms with Crippen molar-refractivity contribution in [3.8, 4) is 11.1 Å². The van der Waals surface area contributed by atoms with Gasteiger partial charge in [0.2, 0.25) is 0 Å². The molecule has 6 rings (SSSR count). The van der Waals surface area contributed by atoms with Gasteiger partial charge in [-0.1, -0.05) is 82.3 Å². The molecule has 0 radical (unpaired) electrons. The molecule has 10 atom stereocenters. The second-order valence-corrected chi connectivity index (χ2v) is 17.0. The van der Waals surface area contributed by atoms with Crippen LogP contribution in [0, 0.1) is 35.4 Å². The van der Waals surface area contributed by atoms with Crippen molar-refractivity contribution in [3.05, 3.63) is 89.9 Å². The molecule has 2 aliphatic carbocycles. The number of allylic oxidation sites excluding steroid dienone is 3. The molecule has 2 aromatic carbocycles. The topological polar surface area (TPSA) is 156 Å². The zero-order valence-corrected chi connectivity index (χ0v) is 35.2. The molecule has 0 amide bonds. The van der Waals surface area contributed by atoms with Crippen LogP contribution in [0.2, 0.25) is 0 Å². The number of carboxylic acids is 1. The zero-order chi connectivity index (χ0) is 43.0. The number of benzene rings is 2. The summed E-state index contributed by atoms with van der Waals surface area (Å²) in [6.07, 6.45) is 10.4. The molecule has 1 fully saturated rings. The van der Waals surface area contributed by atoms with Gasteiger partial charge in [0.1, 0.15) is 18.0 Å². The van der Waals surface area contributed by atoms with Crippen LogP contribution in [0.3, 0.4) is 0 Å². The second-order valence-electron chi connectivity index (χ2n) is 17.0. The van der Waals surface area contributed by atoms with E-state index in [1.807, 2.05) is 38.1 Å². The number of carboxylic acid groups (broad SMARTS) is 1. The maximum Gasteiger partial charge on any atom is 0.308 e. The summed E-state index contributed by atoms with van der Waals surface area (Å²) in [7, 11) is 0. The number of ether oxygens (including phenoxy) is 2. The molecule has 1 aromatic heterocycles. The number of rotatable bonds is 14. The number of hydrogen-bond donors (Lipinski definition) is 4. The van der Waals surface area contributed by atoms with Gasteiger partial charge in [-0.25, -0.2) is 4.39 Å². The van der Waals surface area contributed by atoms with E-state index in [1.165, 1.54) is 17.7 Å². The van der Waals surface area contributed by atoms with Gasteiger partial charge in [0.05, 0.1) is 37.1 Å². The molecule has 0 unspecified atom stereocenters. The lowest BCUT2D eigenvalue weighted by Crippen LogP contribution is -2.42. The SMILES string of the molecule is CC(C)n1c(/C=C/[C@@H](O)C[C@@H](O)CC(=O)O)c(-c2ccc(F)cc2)c2ccccc21.CC[C@H](C)C(=O)O[C@H]1C[C@@H](C)C=C2C=C[C@H](C)[C@H](CC[C@@H]3C[C@@H](O)CC(=O)O3)[C@H]21. The predicted octanol–water partition coefficient (Wildman–Crippen LogP) is 8.82. The van der Waals surface area contributed by atoms with Crippen molar-refractivity contribution in [2.24, 2.45) is 29.6 Å². The fraction of sp³-hybridized carbons (Fsp3) is 0.521. The number of halogens is 1. The molecular weight excluding hydrogens is 754 g/mol. The second kappa shape index (κ2) is 20.6. The molecule has 59 heavy (non-hydrogen) atoms. The Morgan fingerprint density at radius 2 is 1.75 bits per heavy atom. The molecule has 11 heteroatoms. The molecule has 0 saturated carbocycles.